The molecule has 1 N–H and O–H groups in total. The van der Waals surface area contributed by atoms with Crippen LogP contribution in [0.2, 0.25) is 0 Å². The highest BCUT2D eigenvalue weighted by atomic mass is 19.4. The van der Waals surface area contributed by atoms with E-state index in [1.54, 1.807) is 14.0 Å². The van der Waals surface area contributed by atoms with Crippen molar-refractivity contribution >= 4 is 0 Å². The molecular formula is C11H21F6N. The molecule has 112 valence electrons. The van der Waals surface area contributed by atoms with E-state index in [0.29, 0.717) is 6.42 Å². The Hall–Kier alpha value is -0.460. The summed E-state index contributed by atoms with van der Waals surface area (Å²) in [6.07, 6.45) is -11.1. The van der Waals surface area contributed by atoms with Crippen LogP contribution in [0.25, 0.3) is 0 Å². The quantitative estimate of drug-likeness (QED) is 0.730. The Kier molecular flexibility index (Phi) is 9.50. The van der Waals surface area contributed by atoms with Gasteiger partial charge >= 0.3 is 12.4 Å². The van der Waals surface area contributed by atoms with Crippen LogP contribution in [-0.4, -0.2) is 25.4 Å². The fourth-order valence-electron chi connectivity index (χ4n) is 1.29. The average molecular weight is 281 g/mol. The van der Waals surface area contributed by atoms with Crippen LogP contribution in [0.1, 0.15) is 40.0 Å². The molecule has 0 heterocycles. The highest BCUT2D eigenvalue weighted by molar-refractivity contribution is 4.75. The monoisotopic (exact) mass is 281 g/mol. The number of nitrogens with one attached hydrogen (secondary N) is 1. The number of hydrogen-bond donors (Lipinski definition) is 1. The van der Waals surface area contributed by atoms with Gasteiger partial charge in [-0.15, -0.1) is 0 Å². The largest absolute Gasteiger partial charge is 0.400 e. The zero-order valence-corrected chi connectivity index (χ0v) is 11.0. The van der Waals surface area contributed by atoms with Gasteiger partial charge in [-0.3, -0.25) is 0 Å². The first kappa shape index (κ1) is 19.9. The molecule has 0 aromatic carbocycles. The maximum Gasteiger partial charge on any atom is 0.400 e. The van der Waals surface area contributed by atoms with Crippen LogP contribution in [0, 0.1) is 5.92 Å². The summed E-state index contributed by atoms with van der Waals surface area (Å²) in [6.45, 7) is 5.70. The van der Waals surface area contributed by atoms with Crippen molar-refractivity contribution in [3.05, 3.63) is 0 Å². The number of halogens is 6. The zero-order valence-electron chi connectivity index (χ0n) is 11.0. The molecular weight excluding hydrogens is 260 g/mol. The summed E-state index contributed by atoms with van der Waals surface area (Å²) in [6, 6.07) is -0.0814. The van der Waals surface area contributed by atoms with Gasteiger partial charge < -0.3 is 5.32 Å². The van der Waals surface area contributed by atoms with Crippen molar-refractivity contribution in [1.29, 1.82) is 0 Å². The Bertz CT molecular complexity index is 185. The molecule has 1 atom stereocenters. The lowest BCUT2D eigenvalue weighted by Gasteiger charge is -2.23. The van der Waals surface area contributed by atoms with Crippen molar-refractivity contribution in [3.8, 4) is 0 Å². The van der Waals surface area contributed by atoms with Crippen molar-refractivity contribution in [3.63, 3.8) is 0 Å². The molecule has 0 aromatic rings. The van der Waals surface area contributed by atoms with Gasteiger partial charge in [-0.25, -0.2) is 0 Å². The number of rotatable bonds is 5. The molecule has 0 aromatic heterocycles. The van der Waals surface area contributed by atoms with Crippen LogP contribution in [-0.2, 0) is 0 Å². The van der Waals surface area contributed by atoms with Crippen molar-refractivity contribution in [2.24, 2.45) is 5.92 Å². The summed E-state index contributed by atoms with van der Waals surface area (Å²) in [7, 11) is 1.61. The van der Waals surface area contributed by atoms with Crippen LogP contribution >= 0.6 is 0 Å². The standard InChI is InChI=1S/C9H15F6N.C2H6/c1-6(16-2)4-3-5-7(8(10,11)12)9(13,14)15;1-2/h6-7,16H,3-5H2,1-2H3;1-2H3. The van der Waals surface area contributed by atoms with Gasteiger partial charge in [-0.05, 0) is 26.8 Å². The molecule has 0 fully saturated rings. The molecule has 0 aliphatic heterocycles. The van der Waals surface area contributed by atoms with E-state index < -0.39 is 24.7 Å². The van der Waals surface area contributed by atoms with Crippen molar-refractivity contribution in [2.75, 3.05) is 7.05 Å². The molecule has 1 nitrogen and oxygen atoms in total. The Morgan fingerprint density at radius 1 is 0.889 bits per heavy atom. The van der Waals surface area contributed by atoms with Crippen LogP contribution in [0.4, 0.5) is 26.3 Å². The first-order valence-electron chi connectivity index (χ1n) is 5.89. The Labute approximate surface area is 104 Å². The highest BCUT2D eigenvalue weighted by Gasteiger charge is 2.55. The van der Waals surface area contributed by atoms with Gasteiger partial charge in [0.25, 0.3) is 0 Å². The van der Waals surface area contributed by atoms with E-state index in [1.807, 2.05) is 13.8 Å². The van der Waals surface area contributed by atoms with E-state index >= 15 is 0 Å². The zero-order chi connectivity index (χ0) is 15.0. The number of hydrogen-bond acceptors (Lipinski definition) is 1. The summed E-state index contributed by atoms with van der Waals surface area (Å²) in [5.74, 6) is -3.20. The lowest BCUT2D eigenvalue weighted by Crippen LogP contribution is -2.36. The maximum absolute atomic E-state index is 12.1. The second-order valence-corrected chi connectivity index (χ2v) is 3.76. The predicted octanol–water partition coefficient (Wildman–Crippen LogP) is 4.53. The summed E-state index contributed by atoms with van der Waals surface area (Å²) in [5, 5.41) is 2.75. The van der Waals surface area contributed by atoms with Gasteiger partial charge in [0.1, 0.15) is 0 Å². The molecule has 0 aliphatic carbocycles. The minimum atomic E-state index is -5.21. The van der Waals surface area contributed by atoms with Gasteiger partial charge in [-0.2, -0.15) is 26.3 Å². The van der Waals surface area contributed by atoms with Crippen LogP contribution < -0.4 is 5.32 Å². The number of alkyl halides is 6. The average Bonchev–Trinajstić information content (AvgIpc) is 2.23. The third-order valence-electron chi connectivity index (χ3n) is 2.41. The molecule has 0 aliphatic rings. The Morgan fingerprint density at radius 2 is 1.28 bits per heavy atom. The fraction of sp³-hybridized carbons (Fsp3) is 1.00. The first-order valence-corrected chi connectivity index (χ1v) is 5.89. The normalized spacial score (nSPS) is 14.2. The van der Waals surface area contributed by atoms with Crippen LogP contribution in [0.5, 0.6) is 0 Å². The summed E-state index contributed by atoms with van der Waals surface area (Å²) >= 11 is 0. The molecule has 0 rings (SSSR count). The van der Waals surface area contributed by atoms with Crippen molar-refractivity contribution in [2.45, 2.75) is 58.4 Å². The van der Waals surface area contributed by atoms with Crippen LogP contribution in [0.15, 0.2) is 0 Å². The van der Waals surface area contributed by atoms with Crippen molar-refractivity contribution in [1.82, 2.24) is 5.32 Å². The molecule has 1 unspecified atom stereocenters. The summed E-state index contributed by atoms with van der Waals surface area (Å²) in [4.78, 5) is 0. The smallest absolute Gasteiger partial charge is 0.317 e. The maximum atomic E-state index is 12.1. The molecule has 0 spiro atoms. The highest BCUT2D eigenvalue weighted by Crippen LogP contribution is 2.42. The Balaban J connectivity index is 0. The minimum absolute atomic E-state index is 0.0814. The second-order valence-electron chi connectivity index (χ2n) is 3.76. The lowest BCUT2D eigenvalue weighted by atomic mass is 9.99. The molecule has 0 bridgehead atoms. The molecule has 18 heavy (non-hydrogen) atoms. The van der Waals surface area contributed by atoms with Gasteiger partial charge in [-0.1, -0.05) is 20.3 Å². The Morgan fingerprint density at radius 3 is 1.56 bits per heavy atom. The molecule has 0 saturated carbocycles. The minimum Gasteiger partial charge on any atom is -0.317 e. The molecule has 7 heteroatoms. The summed E-state index contributed by atoms with van der Waals surface area (Å²) in [5.41, 5.74) is 0. The van der Waals surface area contributed by atoms with Gasteiger partial charge in [0.05, 0.1) is 0 Å². The summed E-state index contributed by atoms with van der Waals surface area (Å²) < 4.78 is 72.5. The van der Waals surface area contributed by atoms with E-state index in [0.717, 1.165) is 0 Å². The van der Waals surface area contributed by atoms with E-state index in [4.69, 9.17) is 0 Å². The van der Waals surface area contributed by atoms with Crippen LogP contribution in [0.3, 0.4) is 0 Å². The van der Waals surface area contributed by atoms with Crippen molar-refractivity contribution < 1.29 is 26.3 Å². The predicted molar refractivity (Wildman–Crippen MR) is 59.3 cm³/mol. The topological polar surface area (TPSA) is 12.0 Å². The second kappa shape index (κ2) is 8.61. The van der Waals surface area contributed by atoms with Gasteiger partial charge in [0.15, 0.2) is 5.92 Å². The SMILES string of the molecule is CC.CNC(C)CCCC(C(F)(F)F)C(F)(F)F. The fourth-order valence-corrected chi connectivity index (χ4v) is 1.29. The van der Waals surface area contributed by atoms with E-state index in [9.17, 15) is 26.3 Å². The molecule has 0 saturated heterocycles. The van der Waals surface area contributed by atoms with Gasteiger partial charge in [0, 0.05) is 6.04 Å². The third kappa shape index (κ3) is 8.60. The van der Waals surface area contributed by atoms with Gasteiger partial charge in [0.2, 0.25) is 0 Å². The van der Waals surface area contributed by atoms with E-state index in [1.165, 1.54) is 0 Å². The van der Waals surface area contributed by atoms with E-state index in [2.05, 4.69) is 5.32 Å². The first-order chi connectivity index (χ1) is 8.09. The molecule has 0 amide bonds. The lowest BCUT2D eigenvalue weighted by molar-refractivity contribution is -0.285. The third-order valence-corrected chi connectivity index (χ3v) is 2.41. The van der Waals surface area contributed by atoms with E-state index in [-0.39, 0.29) is 12.5 Å². The molecule has 0 radical (unpaired) electrons.